The Bertz CT molecular complexity index is 1670. The van der Waals surface area contributed by atoms with Gasteiger partial charge in [-0.05, 0) is 61.4 Å². The highest BCUT2D eigenvalue weighted by atomic mass is 35.5. The molecule has 4 rings (SSSR count). The number of aromatic nitrogens is 1. The zero-order valence-corrected chi connectivity index (χ0v) is 25.1. The van der Waals surface area contributed by atoms with Crippen LogP contribution in [0.25, 0.3) is 10.6 Å². The van der Waals surface area contributed by atoms with E-state index in [1.165, 1.54) is 30.3 Å². The zero-order chi connectivity index (χ0) is 32.6. The van der Waals surface area contributed by atoms with Crippen LogP contribution in [0.15, 0.2) is 66.7 Å². The summed E-state index contributed by atoms with van der Waals surface area (Å²) in [6.45, 7) is 6.26. The molecule has 3 aromatic carbocycles. The van der Waals surface area contributed by atoms with Gasteiger partial charge in [-0.25, -0.2) is 14.6 Å². The molecule has 4 aromatic rings. The van der Waals surface area contributed by atoms with E-state index in [0.717, 1.165) is 29.5 Å². The Labute approximate surface area is 259 Å². The lowest BCUT2D eigenvalue weighted by Gasteiger charge is -2.16. The highest BCUT2D eigenvalue weighted by molar-refractivity contribution is 7.17. The molecule has 0 saturated heterocycles. The summed E-state index contributed by atoms with van der Waals surface area (Å²) in [5.41, 5.74) is 0.975. The van der Waals surface area contributed by atoms with Crippen molar-refractivity contribution in [2.75, 3.05) is 6.61 Å². The number of thiazole rings is 1. The predicted molar refractivity (Wildman–Crippen MR) is 158 cm³/mol. The van der Waals surface area contributed by atoms with Crippen LogP contribution in [0.3, 0.4) is 0 Å². The molecule has 0 fully saturated rings. The Morgan fingerprint density at radius 2 is 1.75 bits per heavy atom. The number of hydrogen-bond donors (Lipinski definition) is 2. The Morgan fingerprint density at radius 3 is 2.30 bits per heavy atom. The normalized spacial score (nSPS) is 11.6. The van der Waals surface area contributed by atoms with Gasteiger partial charge in [0.15, 0.2) is 0 Å². The van der Waals surface area contributed by atoms with E-state index in [2.05, 4.69) is 11.1 Å². The molecule has 0 aliphatic carbocycles. The molecule has 2 N–H and O–H groups in total. The lowest BCUT2D eigenvalue weighted by molar-refractivity contribution is -0.145. The minimum Gasteiger partial charge on any atom is -0.492 e. The molecule has 0 bridgehead atoms. The van der Waals surface area contributed by atoms with Crippen molar-refractivity contribution in [2.45, 2.75) is 33.1 Å². The number of aromatic carboxylic acids is 1. The number of carboxylic acid groups (broad SMARTS) is 2. The summed E-state index contributed by atoms with van der Waals surface area (Å²) >= 11 is 6.82. The number of rotatable bonds is 9. The first-order chi connectivity index (χ1) is 20.7. The molecule has 44 heavy (non-hydrogen) atoms. The first-order valence-electron chi connectivity index (χ1n) is 12.9. The zero-order valence-electron chi connectivity index (χ0n) is 23.6. The maximum atomic E-state index is 12.6. The number of halogens is 4. The number of hydrogen-bond acceptors (Lipinski definition) is 7. The molecular weight excluding hydrogens is 621 g/mol. The van der Waals surface area contributed by atoms with Crippen molar-refractivity contribution in [3.05, 3.63) is 99.0 Å². The van der Waals surface area contributed by atoms with Crippen molar-refractivity contribution in [3.63, 3.8) is 0 Å². The Hall–Kier alpha value is -4.60. The SMILES string of the molecule is Cc1nc(-c2ccc(OCC(C)C)c(C#N)c2)sc1C(=O)O.O=C(O)C(Oc1cccc(C(F)(F)F)c1)c1ccc(Cl)cc1. The number of nitriles is 1. The number of alkyl halides is 3. The van der Waals surface area contributed by atoms with Gasteiger partial charge in [0.2, 0.25) is 6.10 Å². The van der Waals surface area contributed by atoms with E-state index < -0.39 is 29.8 Å². The van der Waals surface area contributed by atoms with Crippen LogP contribution in [-0.2, 0) is 11.0 Å². The van der Waals surface area contributed by atoms with Crippen LogP contribution in [-0.4, -0.2) is 33.7 Å². The molecule has 0 spiro atoms. The first kappa shape index (κ1) is 33.9. The summed E-state index contributed by atoms with van der Waals surface area (Å²) in [4.78, 5) is 26.9. The highest BCUT2D eigenvalue weighted by Gasteiger charge is 2.31. The lowest BCUT2D eigenvalue weighted by Crippen LogP contribution is -2.18. The number of ether oxygens (including phenoxy) is 2. The number of benzene rings is 3. The van der Waals surface area contributed by atoms with Crippen LogP contribution in [0.2, 0.25) is 5.02 Å². The molecule has 8 nitrogen and oxygen atoms in total. The second-order valence-corrected chi connectivity index (χ2v) is 11.1. The number of carbonyl (C=O) groups is 2. The largest absolute Gasteiger partial charge is 0.492 e. The van der Waals surface area contributed by atoms with E-state index in [9.17, 15) is 33.1 Å². The number of carboxylic acids is 2. The standard InChI is InChI=1S/C16H16N2O3S.C15H10ClF3O3/c1-9(2)8-21-13-5-4-11(6-12(13)7-17)15-18-10(3)14(22-15)16(19)20;16-11-6-4-9(5-7-11)13(14(20)21)22-12-3-1-2-10(8-12)15(17,18)19/h4-6,9H,8H2,1-3H3,(H,19,20);1-8,13H,(H,20,21). The lowest BCUT2D eigenvalue weighted by atomic mass is 10.1. The molecular formula is C31H26ClF3N2O6S. The molecule has 0 aliphatic rings. The Morgan fingerprint density at radius 1 is 1.07 bits per heavy atom. The van der Waals surface area contributed by atoms with Gasteiger partial charge >= 0.3 is 18.1 Å². The van der Waals surface area contributed by atoms with E-state index in [0.29, 0.717) is 45.1 Å². The van der Waals surface area contributed by atoms with Crippen molar-refractivity contribution in [3.8, 4) is 28.1 Å². The van der Waals surface area contributed by atoms with E-state index in [1.54, 1.807) is 25.1 Å². The van der Waals surface area contributed by atoms with Gasteiger partial charge in [-0.3, -0.25) is 0 Å². The monoisotopic (exact) mass is 646 g/mol. The molecule has 13 heteroatoms. The number of nitrogens with zero attached hydrogens (tertiary/aromatic N) is 2. The summed E-state index contributed by atoms with van der Waals surface area (Å²) < 4.78 is 48.7. The molecule has 0 radical (unpaired) electrons. The summed E-state index contributed by atoms with van der Waals surface area (Å²) in [5.74, 6) is -1.59. The number of aliphatic carboxylic acids is 1. The second-order valence-electron chi connectivity index (χ2n) is 9.68. The van der Waals surface area contributed by atoms with Gasteiger partial charge < -0.3 is 19.7 Å². The molecule has 0 saturated carbocycles. The maximum absolute atomic E-state index is 12.6. The highest BCUT2D eigenvalue weighted by Crippen LogP contribution is 2.33. The third-order valence-electron chi connectivity index (χ3n) is 5.72. The average Bonchev–Trinajstić information content (AvgIpc) is 3.37. The van der Waals surface area contributed by atoms with Gasteiger partial charge in [0.05, 0.1) is 23.4 Å². The predicted octanol–water partition coefficient (Wildman–Crippen LogP) is 8.29. The topological polar surface area (TPSA) is 130 Å². The van der Waals surface area contributed by atoms with Crippen LogP contribution in [0, 0.1) is 24.2 Å². The van der Waals surface area contributed by atoms with Crippen molar-refractivity contribution in [1.82, 2.24) is 4.98 Å². The molecule has 230 valence electrons. The molecule has 1 heterocycles. The molecule has 0 aliphatic heterocycles. The van der Waals surface area contributed by atoms with E-state index in [4.69, 9.17) is 26.2 Å². The Kier molecular flexibility index (Phi) is 11.3. The minimum absolute atomic E-state index is 0.183. The van der Waals surface area contributed by atoms with Crippen LogP contribution in [0.4, 0.5) is 13.2 Å². The van der Waals surface area contributed by atoms with Crippen LogP contribution in [0.1, 0.15) is 52.0 Å². The van der Waals surface area contributed by atoms with Gasteiger partial charge in [-0.2, -0.15) is 18.4 Å². The van der Waals surface area contributed by atoms with E-state index in [1.807, 2.05) is 13.8 Å². The molecule has 1 atom stereocenters. The fourth-order valence-corrected chi connectivity index (χ4v) is 4.66. The van der Waals surface area contributed by atoms with Gasteiger partial charge in [0.25, 0.3) is 0 Å². The fourth-order valence-electron chi connectivity index (χ4n) is 3.63. The second kappa shape index (κ2) is 14.7. The van der Waals surface area contributed by atoms with Gasteiger partial charge in [-0.15, -0.1) is 11.3 Å². The smallest absolute Gasteiger partial charge is 0.416 e. The fraction of sp³-hybridized carbons (Fsp3) is 0.226. The third kappa shape index (κ3) is 9.20. The van der Waals surface area contributed by atoms with Crippen LogP contribution < -0.4 is 9.47 Å². The number of aryl methyl sites for hydroxylation is 1. The molecule has 0 amide bonds. The van der Waals surface area contributed by atoms with Gasteiger partial charge in [0, 0.05) is 16.1 Å². The van der Waals surface area contributed by atoms with Gasteiger partial charge in [0.1, 0.15) is 27.5 Å². The summed E-state index contributed by atoms with van der Waals surface area (Å²) in [6, 6.07) is 17.2. The Balaban J connectivity index is 0.000000240. The van der Waals surface area contributed by atoms with Crippen molar-refractivity contribution < 1.29 is 42.4 Å². The molecule has 1 unspecified atom stereocenters. The van der Waals surface area contributed by atoms with Crippen LogP contribution in [0.5, 0.6) is 11.5 Å². The van der Waals surface area contributed by atoms with E-state index in [-0.39, 0.29) is 16.2 Å². The van der Waals surface area contributed by atoms with Crippen molar-refractivity contribution in [2.24, 2.45) is 5.92 Å². The summed E-state index contributed by atoms with van der Waals surface area (Å²) in [5, 5.41) is 28.6. The quantitative estimate of drug-likeness (QED) is 0.186. The average molecular weight is 647 g/mol. The van der Waals surface area contributed by atoms with Gasteiger partial charge in [-0.1, -0.05) is 43.6 Å². The van der Waals surface area contributed by atoms with Crippen molar-refractivity contribution >= 4 is 34.9 Å². The van der Waals surface area contributed by atoms with E-state index >= 15 is 0 Å². The minimum atomic E-state index is -4.53. The van der Waals surface area contributed by atoms with Crippen LogP contribution >= 0.6 is 22.9 Å². The third-order valence-corrected chi connectivity index (χ3v) is 7.17. The molecule has 1 aromatic heterocycles. The van der Waals surface area contributed by atoms with Crippen molar-refractivity contribution in [1.29, 1.82) is 5.26 Å². The maximum Gasteiger partial charge on any atom is 0.416 e. The summed E-state index contributed by atoms with van der Waals surface area (Å²) in [6.07, 6.45) is -5.96. The summed E-state index contributed by atoms with van der Waals surface area (Å²) in [7, 11) is 0. The first-order valence-corrected chi connectivity index (χ1v) is 14.1.